The third-order valence-corrected chi connectivity index (χ3v) is 7.87. The molecule has 210 valence electrons. The largest absolute Gasteiger partial charge is 0.466 e. The summed E-state index contributed by atoms with van der Waals surface area (Å²) in [5, 5.41) is -0.262. The maximum Gasteiger partial charge on any atom is 0.309 e. The van der Waals surface area contributed by atoms with Gasteiger partial charge in [0, 0.05) is 5.69 Å². The number of carbonyl (C=O) groups excluding carboxylic acids is 2. The summed E-state index contributed by atoms with van der Waals surface area (Å²) in [5.41, 5.74) is 4.71. The van der Waals surface area contributed by atoms with Crippen LogP contribution in [0, 0.1) is 33.6 Å². The molecule has 9 nitrogen and oxygen atoms in total. The van der Waals surface area contributed by atoms with E-state index in [1.165, 1.54) is 12.1 Å². The van der Waals surface area contributed by atoms with E-state index in [-0.39, 0.29) is 28.4 Å². The van der Waals surface area contributed by atoms with E-state index in [1.54, 1.807) is 32.0 Å². The smallest absolute Gasteiger partial charge is 0.309 e. The molecule has 1 aromatic carbocycles. The van der Waals surface area contributed by atoms with E-state index in [4.69, 9.17) is 9.47 Å². The third-order valence-electron chi connectivity index (χ3n) is 6.63. The maximum atomic E-state index is 13.3. The number of esters is 1. The fraction of sp³-hybridized carbons (Fsp3) is 0.333. The van der Waals surface area contributed by atoms with E-state index < -0.39 is 15.9 Å². The van der Waals surface area contributed by atoms with Crippen molar-refractivity contribution in [3.63, 3.8) is 0 Å². The summed E-state index contributed by atoms with van der Waals surface area (Å²) in [6, 6.07) is 11.6. The minimum Gasteiger partial charge on any atom is -0.466 e. The monoisotopic (exact) mass is 563 g/mol. The second-order valence-electron chi connectivity index (χ2n) is 9.88. The molecule has 0 aliphatic heterocycles. The SMILES string of the molecule is CCOC(=O)C1CC=C(c2ccc(C(=O)NS(=O)(=O)c3cccc(C)n3)c(Oc3c(C)cc(C)cc3C)n2)CC1. The first-order valence-electron chi connectivity index (χ1n) is 13.1. The predicted octanol–water partition coefficient (Wildman–Crippen LogP) is 5.37. The van der Waals surface area contributed by atoms with Crippen LogP contribution >= 0.6 is 0 Å². The molecule has 10 heteroatoms. The standard InChI is InChI=1S/C30H33N3O6S/c1-6-38-30(35)23-12-10-22(11-13-23)25-15-14-24(28(34)33-40(36,37)26-9-7-8-21(5)31-26)29(32-25)39-27-19(3)16-18(2)17-20(27)4/h7-10,14-17,23H,6,11-13H2,1-5H3,(H,33,34). The Morgan fingerprint density at radius 1 is 1.02 bits per heavy atom. The number of ether oxygens (including phenoxy) is 2. The molecule has 1 aliphatic carbocycles. The zero-order chi connectivity index (χ0) is 29.0. The van der Waals surface area contributed by atoms with E-state index in [2.05, 4.69) is 14.7 Å². The topological polar surface area (TPSA) is 125 Å². The molecule has 1 unspecified atom stereocenters. The number of hydrogen-bond acceptors (Lipinski definition) is 8. The van der Waals surface area contributed by atoms with Gasteiger partial charge in [0.1, 0.15) is 11.3 Å². The van der Waals surface area contributed by atoms with E-state index in [9.17, 15) is 18.0 Å². The van der Waals surface area contributed by atoms with Crippen molar-refractivity contribution in [3.05, 3.63) is 82.2 Å². The lowest BCUT2D eigenvalue weighted by molar-refractivity contribution is -0.148. The first-order valence-corrected chi connectivity index (χ1v) is 14.6. The number of nitrogens with zero attached hydrogens (tertiary/aromatic N) is 2. The number of sulfonamides is 1. The summed E-state index contributed by atoms with van der Waals surface area (Å²) in [5.74, 6) is -0.794. The Morgan fingerprint density at radius 3 is 2.38 bits per heavy atom. The Kier molecular flexibility index (Phi) is 8.68. The summed E-state index contributed by atoms with van der Waals surface area (Å²) in [7, 11) is -4.24. The van der Waals surface area contributed by atoms with Gasteiger partial charge in [-0.05, 0) is 94.8 Å². The van der Waals surface area contributed by atoms with Crippen LogP contribution in [0.25, 0.3) is 5.57 Å². The predicted molar refractivity (Wildman–Crippen MR) is 151 cm³/mol. The Hall–Kier alpha value is -4.05. The lowest BCUT2D eigenvalue weighted by Crippen LogP contribution is -2.31. The van der Waals surface area contributed by atoms with Gasteiger partial charge in [-0.3, -0.25) is 9.59 Å². The van der Waals surface area contributed by atoms with E-state index >= 15 is 0 Å². The van der Waals surface area contributed by atoms with Crippen LogP contribution in [-0.2, 0) is 19.6 Å². The van der Waals surface area contributed by atoms with E-state index in [1.807, 2.05) is 39.0 Å². The molecule has 3 aromatic rings. The number of benzene rings is 1. The van der Waals surface area contributed by atoms with Gasteiger partial charge >= 0.3 is 5.97 Å². The van der Waals surface area contributed by atoms with Crippen molar-refractivity contribution >= 4 is 27.5 Å². The number of pyridine rings is 2. The molecule has 4 rings (SSSR count). The number of nitrogens with one attached hydrogen (secondary N) is 1. The van der Waals surface area contributed by atoms with Gasteiger partial charge < -0.3 is 9.47 Å². The fourth-order valence-electron chi connectivity index (χ4n) is 4.73. The van der Waals surface area contributed by atoms with Crippen molar-refractivity contribution in [1.29, 1.82) is 0 Å². The van der Waals surface area contributed by atoms with Crippen LogP contribution in [0.5, 0.6) is 11.6 Å². The molecule has 0 radical (unpaired) electrons. The van der Waals surface area contributed by atoms with Crippen molar-refractivity contribution in [2.24, 2.45) is 5.92 Å². The highest BCUT2D eigenvalue weighted by Crippen LogP contribution is 2.35. The van der Waals surface area contributed by atoms with Crippen LogP contribution in [0.2, 0.25) is 0 Å². The van der Waals surface area contributed by atoms with Crippen molar-refractivity contribution in [2.75, 3.05) is 6.61 Å². The molecule has 0 bridgehead atoms. The van der Waals surface area contributed by atoms with Gasteiger partial charge in [0.15, 0.2) is 5.03 Å². The van der Waals surface area contributed by atoms with E-state index in [0.717, 1.165) is 22.3 Å². The van der Waals surface area contributed by atoms with E-state index in [0.29, 0.717) is 43.0 Å². The second kappa shape index (κ2) is 12.0. The van der Waals surface area contributed by atoms with Crippen molar-refractivity contribution in [1.82, 2.24) is 14.7 Å². The lowest BCUT2D eigenvalue weighted by Gasteiger charge is -2.21. The minimum atomic E-state index is -4.24. The average Bonchev–Trinajstić information content (AvgIpc) is 2.90. The van der Waals surface area contributed by atoms with Gasteiger partial charge in [0.05, 0.1) is 18.2 Å². The number of amides is 1. The molecule has 0 saturated carbocycles. The number of aromatic nitrogens is 2. The summed E-state index contributed by atoms with van der Waals surface area (Å²) in [4.78, 5) is 34.2. The number of aryl methyl sites for hydroxylation is 4. The first-order chi connectivity index (χ1) is 19.0. The van der Waals surface area contributed by atoms with Crippen LogP contribution in [-0.4, -0.2) is 36.9 Å². The molecule has 2 aromatic heterocycles. The molecule has 1 aliphatic rings. The Labute approximate surface area is 234 Å². The normalized spacial score (nSPS) is 15.2. The van der Waals surface area contributed by atoms with Gasteiger partial charge in [-0.15, -0.1) is 0 Å². The fourth-order valence-corrected chi connectivity index (χ4v) is 5.71. The molecule has 0 fully saturated rings. The first kappa shape index (κ1) is 28.9. The zero-order valence-corrected chi connectivity index (χ0v) is 24.1. The number of carbonyl (C=O) groups is 2. The highest BCUT2D eigenvalue weighted by atomic mass is 32.2. The molecular weight excluding hydrogens is 530 g/mol. The average molecular weight is 564 g/mol. The van der Waals surface area contributed by atoms with Crippen molar-refractivity contribution in [2.45, 2.75) is 58.9 Å². The molecule has 2 heterocycles. The van der Waals surface area contributed by atoms with Crippen LogP contribution in [0.4, 0.5) is 0 Å². The summed E-state index contributed by atoms with van der Waals surface area (Å²) in [6.45, 7) is 9.55. The third kappa shape index (κ3) is 6.56. The molecule has 0 spiro atoms. The van der Waals surface area contributed by atoms with Crippen molar-refractivity contribution in [3.8, 4) is 11.6 Å². The van der Waals surface area contributed by atoms with Crippen LogP contribution in [0.15, 0.2) is 53.6 Å². The van der Waals surface area contributed by atoms with Crippen LogP contribution in [0.1, 0.15) is 64.6 Å². The Morgan fingerprint density at radius 2 is 1.75 bits per heavy atom. The summed E-state index contributed by atoms with van der Waals surface area (Å²) in [6.07, 6.45) is 3.68. The summed E-state index contributed by atoms with van der Waals surface area (Å²) < 4.78 is 39.3. The quantitative estimate of drug-likeness (QED) is 0.363. The molecule has 1 atom stereocenters. The highest BCUT2D eigenvalue weighted by Gasteiger charge is 2.27. The molecule has 40 heavy (non-hydrogen) atoms. The number of allylic oxidation sites excluding steroid dienone is 2. The Balaban J connectivity index is 1.70. The second-order valence-corrected chi connectivity index (χ2v) is 11.5. The molecular formula is C30H33N3O6S. The molecule has 0 saturated heterocycles. The minimum absolute atomic E-state index is 0.0223. The zero-order valence-electron chi connectivity index (χ0n) is 23.3. The van der Waals surface area contributed by atoms with Gasteiger partial charge in [-0.25, -0.2) is 14.7 Å². The van der Waals surface area contributed by atoms with Gasteiger partial charge in [0.25, 0.3) is 15.9 Å². The van der Waals surface area contributed by atoms with Gasteiger partial charge in [0.2, 0.25) is 5.88 Å². The molecule has 1 N–H and O–H groups in total. The van der Waals surface area contributed by atoms with Gasteiger partial charge in [-0.2, -0.15) is 8.42 Å². The number of rotatable bonds is 8. The summed E-state index contributed by atoms with van der Waals surface area (Å²) >= 11 is 0. The van der Waals surface area contributed by atoms with Crippen molar-refractivity contribution < 1.29 is 27.5 Å². The Bertz CT molecular complexity index is 1570. The molecule has 1 amide bonds. The lowest BCUT2D eigenvalue weighted by atomic mass is 9.88. The van der Waals surface area contributed by atoms with Crippen LogP contribution in [0.3, 0.4) is 0 Å². The number of hydrogen-bond donors (Lipinski definition) is 1. The van der Waals surface area contributed by atoms with Gasteiger partial charge in [-0.1, -0.05) is 29.8 Å². The van der Waals surface area contributed by atoms with Crippen LogP contribution < -0.4 is 9.46 Å². The highest BCUT2D eigenvalue weighted by molar-refractivity contribution is 7.90. The maximum absolute atomic E-state index is 13.3.